The minimum Gasteiger partial charge on any atom is -0.436 e. The molecule has 0 bridgehead atoms. The third kappa shape index (κ3) is 3.31. The van der Waals surface area contributed by atoms with Crippen molar-refractivity contribution in [2.75, 3.05) is 0 Å². The zero-order chi connectivity index (χ0) is 14.0. The molecule has 0 aliphatic rings. The molecule has 0 saturated carbocycles. The number of halogens is 1. The van der Waals surface area contributed by atoms with Gasteiger partial charge in [-0.25, -0.2) is 9.37 Å². The normalized spacial score (nSPS) is 11.4. The van der Waals surface area contributed by atoms with E-state index in [-0.39, 0.29) is 11.3 Å². The number of benzene rings is 1. The third-order valence-electron chi connectivity index (χ3n) is 2.88. The van der Waals surface area contributed by atoms with Crippen LogP contribution in [0.4, 0.5) is 4.39 Å². The predicted molar refractivity (Wildman–Crippen MR) is 74.1 cm³/mol. The van der Waals surface area contributed by atoms with Crippen LogP contribution in [0, 0.1) is 12.7 Å². The molecule has 3 heteroatoms. The highest BCUT2D eigenvalue weighted by atomic mass is 19.1. The molecule has 0 amide bonds. The van der Waals surface area contributed by atoms with E-state index in [0.717, 1.165) is 5.56 Å². The first-order valence-electron chi connectivity index (χ1n) is 6.27. The first-order chi connectivity index (χ1) is 8.86. The van der Waals surface area contributed by atoms with Crippen LogP contribution >= 0.6 is 0 Å². The molecule has 19 heavy (non-hydrogen) atoms. The van der Waals surface area contributed by atoms with Crippen LogP contribution in [0.3, 0.4) is 0 Å². The van der Waals surface area contributed by atoms with Gasteiger partial charge in [-0.15, -0.1) is 0 Å². The molecule has 0 aliphatic heterocycles. The number of nitrogens with zero attached hydrogens (tertiary/aromatic N) is 1. The van der Waals surface area contributed by atoms with Crippen molar-refractivity contribution in [3.05, 3.63) is 53.5 Å². The summed E-state index contributed by atoms with van der Waals surface area (Å²) in [5.74, 6) is 0.150. The number of ether oxygens (including phenoxy) is 1. The fraction of sp³-hybridized carbons (Fsp3) is 0.312. The van der Waals surface area contributed by atoms with Crippen LogP contribution in [0.15, 0.2) is 36.5 Å². The molecule has 0 radical (unpaired) electrons. The molecular weight excluding hydrogens is 241 g/mol. The second kappa shape index (κ2) is 5.00. The number of aryl methyl sites for hydroxylation is 1. The van der Waals surface area contributed by atoms with Crippen molar-refractivity contribution in [3.8, 4) is 11.6 Å². The molecule has 0 saturated heterocycles. The average Bonchev–Trinajstić information content (AvgIpc) is 2.32. The number of hydrogen-bond acceptors (Lipinski definition) is 2. The number of rotatable bonds is 2. The molecule has 0 aliphatic carbocycles. The Kier molecular flexibility index (Phi) is 3.56. The quantitative estimate of drug-likeness (QED) is 0.785. The van der Waals surface area contributed by atoms with Crippen LogP contribution in [0.1, 0.15) is 31.9 Å². The van der Waals surface area contributed by atoms with Crippen molar-refractivity contribution < 1.29 is 9.13 Å². The van der Waals surface area contributed by atoms with Crippen molar-refractivity contribution in [1.29, 1.82) is 0 Å². The van der Waals surface area contributed by atoms with Gasteiger partial charge in [0.2, 0.25) is 0 Å². The van der Waals surface area contributed by atoms with Crippen molar-refractivity contribution in [2.45, 2.75) is 33.1 Å². The fourth-order valence-corrected chi connectivity index (χ4v) is 1.73. The Hall–Kier alpha value is -1.90. The van der Waals surface area contributed by atoms with Crippen LogP contribution in [0.2, 0.25) is 0 Å². The predicted octanol–water partition coefficient (Wildman–Crippen LogP) is 4.62. The lowest BCUT2D eigenvalue weighted by Gasteiger charge is -2.19. The van der Waals surface area contributed by atoms with Gasteiger partial charge in [-0.2, -0.15) is 0 Å². The summed E-state index contributed by atoms with van der Waals surface area (Å²) < 4.78 is 19.1. The van der Waals surface area contributed by atoms with E-state index in [2.05, 4.69) is 25.8 Å². The monoisotopic (exact) mass is 259 g/mol. The molecule has 0 unspecified atom stereocenters. The molecular formula is C16H18FNO. The molecule has 100 valence electrons. The maximum absolute atomic E-state index is 13.6. The summed E-state index contributed by atoms with van der Waals surface area (Å²) in [7, 11) is 0. The lowest BCUT2D eigenvalue weighted by atomic mass is 9.87. The van der Waals surface area contributed by atoms with Gasteiger partial charge in [0.15, 0.2) is 5.82 Å². The van der Waals surface area contributed by atoms with Crippen LogP contribution in [-0.2, 0) is 5.41 Å². The summed E-state index contributed by atoms with van der Waals surface area (Å²) in [4.78, 5) is 3.95. The van der Waals surface area contributed by atoms with Gasteiger partial charge in [0, 0.05) is 6.20 Å². The van der Waals surface area contributed by atoms with E-state index in [1.54, 1.807) is 13.1 Å². The number of pyridine rings is 1. The van der Waals surface area contributed by atoms with E-state index in [9.17, 15) is 4.39 Å². The topological polar surface area (TPSA) is 22.1 Å². The Morgan fingerprint density at radius 1 is 1.11 bits per heavy atom. The second-order valence-electron chi connectivity index (χ2n) is 5.68. The molecule has 0 N–H and O–H groups in total. The minimum atomic E-state index is -0.445. The van der Waals surface area contributed by atoms with E-state index < -0.39 is 5.82 Å². The number of hydrogen-bond donors (Lipinski definition) is 0. The maximum atomic E-state index is 13.6. The molecule has 0 atom stereocenters. The van der Waals surface area contributed by atoms with Crippen LogP contribution < -0.4 is 4.74 Å². The first kappa shape index (κ1) is 13.5. The highest BCUT2D eigenvalue weighted by molar-refractivity contribution is 5.33. The van der Waals surface area contributed by atoms with Crippen LogP contribution in [0.5, 0.6) is 11.6 Å². The van der Waals surface area contributed by atoms with E-state index in [1.165, 1.54) is 11.6 Å². The van der Waals surface area contributed by atoms with Crippen LogP contribution in [-0.4, -0.2) is 4.98 Å². The van der Waals surface area contributed by atoms with E-state index in [0.29, 0.717) is 5.75 Å². The zero-order valence-electron chi connectivity index (χ0n) is 11.7. The van der Waals surface area contributed by atoms with Gasteiger partial charge >= 0.3 is 0 Å². The molecule has 0 spiro atoms. The molecule has 2 rings (SSSR count). The summed E-state index contributed by atoms with van der Waals surface area (Å²) in [6.45, 7) is 8.22. The summed E-state index contributed by atoms with van der Waals surface area (Å²) in [6.07, 6.45) is 1.59. The SMILES string of the molecule is Cc1cnc(Oc2ccc(C(C)(C)C)cc2)c(F)c1. The lowest BCUT2D eigenvalue weighted by molar-refractivity contribution is 0.421. The summed E-state index contributed by atoms with van der Waals surface area (Å²) in [5.41, 5.74) is 2.07. The van der Waals surface area contributed by atoms with E-state index in [1.807, 2.05) is 24.3 Å². The minimum absolute atomic E-state index is 0.00843. The summed E-state index contributed by atoms with van der Waals surface area (Å²) >= 11 is 0. The van der Waals surface area contributed by atoms with E-state index in [4.69, 9.17) is 4.74 Å². The highest BCUT2D eigenvalue weighted by Crippen LogP contribution is 2.27. The van der Waals surface area contributed by atoms with Gasteiger partial charge in [-0.3, -0.25) is 0 Å². The van der Waals surface area contributed by atoms with E-state index >= 15 is 0 Å². The third-order valence-corrected chi connectivity index (χ3v) is 2.88. The molecule has 2 aromatic rings. The smallest absolute Gasteiger partial charge is 0.255 e. The Morgan fingerprint density at radius 3 is 2.26 bits per heavy atom. The van der Waals surface area contributed by atoms with Gasteiger partial charge in [-0.1, -0.05) is 32.9 Å². The molecule has 0 fully saturated rings. The van der Waals surface area contributed by atoms with Crippen molar-refractivity contribution in [3.63, 3.8) is 0 Å². The first-order valence-corrected chi connectivity index (χ1v) is 6.27. The van der Waals surface area contributed by atoms with Gasteiger partial charge in [-0.05, 0) is 41.7 Å². The molecule has 2 nitrogen and oxygen atoms in total. The maximum Gasteiger partial charge on any atom is 0.255 e. The van der Waals surface area contributed by atoms with Crippen molar-refractivity contribution in [2.24, 2.45) is 0 Å². The van der Waals surface area contributed by atoms with Gasteiger partial charge in [0.25, 0.3) is 5.88 Å². The van der Waals surface area contributed by atoms with Crippen LogP contribution in [0.25, 0.3) is 0 Å². The zero-order valence-corrected chi connectivity index (χ0v) is 11.7. The van der Waals surface area contributed by atoms with Gasteiger partial charge in [0.1, 0.15) is 5.75 Å². The molecule has 1 aromatic carbocycles. The molecule has 1 aromatic heterocycles. The molecule has 1 heterocycles. The van der Waals surface area contributed by atoms with Crippen molar-refractivity contribution in [1.82, 2.24) is 4.98 Å². The Labute approximate surface area is 113 Å². The van der Waals surface area contributed by atoms with Gasteiger partial charge < -0.3 is 4.74 Å². The Bertz CT molecular complexity index is 570. The Morgan fingerprint density at radius 2 is 1.74 bits per heavy atom. The van der Waals surface area contributed by atoms with Gasteiger partial charge in [0.05, 0.1) is 0 Å². The number of aromatic nitrogens is 1. The standard InChI is InChI=1S/C16H18FNO/c1-11-9-14(17)15(18-10-11)19-13-7-5-12(6-8-13)16(2,3)4/h5-10H,1-4H3. The fourth-order valence-electron chi connectivity index (χ4n) is 1.73. The second-order valence-corrected chi connectivity index (χ2v) is 5.68. The van der Waals surface area contributed by atoms with Crippen molar-refractivity contribution >= 4 is 0 Å². The highest BCUT2D eigenvalue weighted by Gasteiger charge is 2.13. The summed E-state index contributed by atoms with van der Waals surface area (Å²) in [6, 6.07) is 9.05. The average molecular weight is 259 g/mol. The lowest BCUT2D eigenvalue weighted by Crippen LogP contribution is -2.10. The Balaban J connectivity index is 2.20. The summed E-state index contributed by atoms with van der Waals surface area (Å²) in [5, 5.41) is 0. The largest absolute Gasteiger partial charge is 0.436 e.